The highest BCUT2D eigenvalue weighted by Gasteiger charge is 2.10. The third kappa shape index (κ3) is 3.58. The van der Waals surface area contributed by atoms with Gasteiger partial charge in [0.1, 0.15) is 0 Å². The number of nitrogens with zero attached hydrogens (tertiary/aromatic N) is 2. The van der Waals surface area contributed by atoms with Crippen LogP contribution in [-0.2, 0) is 0 Å². The van der Waals surface area contributed by atoms with Crippen LogP contribution in [0, 0.1) is 6.92 Å². The Bertz CT molecular complexity index is 363. The van der Waals surface area contributed by atoms with E-state index >= 15 is 0 Å². The minimum atomic E-state index is 1.10. The van der Waals surface area contributed by atoms with Gasteiger partial charge in [0.05, 0.1) is 11.4 Å². The maximum absolute atomic E-state index is 4.52. The molecule has 0 atom stereocenters. The Morgan fingerprint density at radius 2 is 1.82 bits per heavy atom. The smallest absolute Gasteiger partial charge is 0.0888 e. The van der Waals surface area contributed by atoms with Crippen LogP contribution in [0.4, 0.5) is 11.4 Å². The molecular weight excluding hydrogens is 208 g/mol. The molecule has 0 aliphatic carbocycles. The van der Waals surface area contributed by atoms with Gasteiger partial charge in [-0.05, 0) is 38.3 Å². The van der Waals surface area contributed by atoms with Crippen LogP contribution in [0.15, 0.2) is 23.2 Å². The number of hydrogen-bond donors (Lipinski definition) is 0. The lowest BCUT2D eigenvalue weighted by atomic mass is 10.1. The Kier molecular flexibility index (Phi) is 5.75. The van der Waals surface area contributed by atoms with Crippen molar-refractivity contribution in [1.82, 2.24) is 0 Å². The van der Waals surface area contributed by atoms with E-state index in [4.69, 9.17) is 0 Å². The SMILES string of the molecule is CC=Nc1c(C)cccc1N(CCC)CCC. The van der Waals surface area contributed by atoms with E-state index in [-0.39, 0.29) is 0 Å². The molecule has 0 bridgehead atoms. The zero-order chi connectivity index (χ0) is 12.7. The maximum atomic E-state index is 4.52. The summed E-state index contributed by atoms with van der Waals surface area (Å²) in [7, 11) is 0. The molecular formula is C15H24N2. The van der Waals surface area contributed by atoms with Crippen molar-refractivity contribution in [2.24, 2.45) is 4.99 Å². The number of hydrogen-bond acceptors (Lipinski definition) is 2. The fourth-order valence-electron chi connectivity index (χ4n) is 2.09. The van der Waals surface area contributed by atoms with Gasteiger partial charge in [-0.25, -0.2) is 0 Å². The summed E-state index contributed by atoms with van der Waals surface area (Å²) in [5.74, 6) is 0. The molecule has 1 aromatic rings. The lowest BCUT2D eigenvalue weighted by Crippen LogP contribution is -2.25. The highest BCUT2D eigenvalue weighted by molar-refractivity contribution is 5.75. The average Bonchev–Trinajstić information content (AvgIpc) is 2.32. The number of benzene rings is 1. The van der Waals surface area contributed by atoms with Gasteiger partial charge in [-0.1, -0.05) is 26.0 Å². The first kappa shape index (κ1) is 13.8. The molecule has 0 aliphatic heterocycles. The summed E-state index contributed by atoms with van der Waals surface area (Å²) >= 11 is 0. The zero-order valence-corrected chi connectivity index (χ0v) is 11.5. The third-order valence-corrected chi connectivity index (χ3v) is 2.80. The number of aryl methyl sites for hydroxylation is 1. The molecule has 0 amide bonds. The summed E-state index contributed by atoms with van der Waals surface area (Å²) < 4.78 is 0. The monoisotopic (exact) mass is 232 g/mol. The Morgan fingerprint density at radius 1 is 1.18 bits per heavy atom. The topological polar surface area (TPSA) is 15.6 Å². The first-order valence-electron chi connectivity index (χ1n) is 6.57. The van der Waals surface area contributed by atoms with Crippen LogP contribution in [0.1, 0.15) is 39.2 Å². The van der Waals surface area contributed by atoms with Crippen molar-refractivity contribution in [2.45, 2.75) is 40.5 Å². The molecule has 0 N–H and O–H groups in total. The van der Waals surface area contributed by atoms with E-state index in [1.807, 2.05) is 13.1 Å². The predicted molar refractivity (Wildman–Crippen MR) is 77.8 cm³/mol. The molecule has 0 saturated carbocycles. The normalized spacial score (nSPS) is 11.1. The van der Waals surface area contributed by atoms with Gasteiger partial charge in [0.2, 0.25) is 0 Å². The van der Waals surface area contributed by atoms with Crippen LogP contribution in [0.2, 0.25) is 0 Å². The van der Waals surface area contributed by atoms with E-state index in [2.05, 4.69) is 48.9 Å². The number of para-hydroxylation sites is 1. The van der Waals surface area contributed by atoms with Crippen LogP contribution in [0.3, 0.4) is 0 Å². The van der Waals surface area contributed by atoms with Crippen molar-refractivity contribution >= 4 is 17.6 Å². The van der Waals surface area contributed by atoms with E-state index < -0.39 is 0 Å². The number of aliphatic imine (C=N–C) groups is 1. The van der Waals surface area contributed by atoms with Gasteiger partial charge < -0.3 is 4.90 Å². The standard InChI is InChI=1S/C15H24N2/c1-5-11-17(12-6-2)14-10-8-9-13(4)15(14)16-7-3/h7-10H,5-6,11-12H2,1-4H3. The van der Waals surface area contributed by atoms with Crippen molar-refractivity contribution in [3.63, 3.8) is 0 Å². The van der Waals surface area contributed by atoms with Crippen LogP contribution in [-0.4, -0.2) is 19.3 Å². The molecule has 1 aromatic carbocycles. The quantitative estimate of drug-likeness (QED) is 0.666. The first-order chi connectivity index (χ1) is 8.24. The van der Waals surface area contributed by atoms with Gasteiger partial charge in [0.15, 0.2) is 0 Å². The summed E-state index contributed by atoms with van der Waals surface area (Å²) in [4.78, 5) is 6.96. The van der Waals surface area contributed by atoms with Crippen molar-refractivity contribution in [3.8, 4) is 0 Å². The van der Waals surface area contributed by atoms with Crippen LogP contribution in [0.5, 0.6) is 0 Å². The average molecular weight is 232 g/mol. The molecule has 0 aromatic heterocycles. The number of rotatable bonds is 6. The van der Waals surface area contributed by atoms with Crippen LogP contribution >= 0.6 is 0 Å². The molecule has 17 heavy (non-hydrogen) atoms. The summed E-state index contributed by atoms with van der Waals surface area (Å²) in [6, 6.07) is 6.43. The highest BCUT2D eigenvalue weighted by Crippen LogP contribution is 2.32. The highest BCUT2D eigenvalue weighted by atomic mass is 15.1. The summed E-state index contributed by atoms with van der Waals surface area (Å²) in [6.45, 7) is 10.7. The number of anilines is 1. The zero-order valence-electron chi connectivity index (χ0n) is 11.5. The lowest BCUT2D eigenvalue weighted by molar-refractivity contribution is 0.745. The fourth-order valence-corrected chi connectivity index (χ4v) is 2.09. The second kappa shape index (κ2) is 7.10. The molecule has 0 heterocycles. The van der Waals surface area contributed by atoms with E-state index in [9.17, 15) is 0 Å². The molecule has 1 rings (SSSR count). The van der Waals surface area contributed by atoms with Crippen molar-refractivity contribution < 1.29 is 0 Å². The summed E-state index contributed by atoms with van der Waals surface area (Å²) in [6.07, 6.45) is 4.22. The van der Waals surface area contributed by atoms with Gasteiger partial charge in [-0.3, -0.25) is 4.99 Å². The van der Waals surface area contributed by atoms with E-state index in [1.165, 1.54) is 24.1 Å². The molecule has 2 nitrogen and oxygen atoms in total. The fraction of sp³-hybridized carbons (Fsp3) is 0.533. The Labute approximate surface area is 105 Å². The first-order valence-corrected chi connectivity index (χ1v) is 6.57. The van der Waals surface area contributed by atoms with Gasteiger partial charge in [-0.2, -0.15) is 0 Å². The van der Waals surface area contributed by atoms with Gasteiger partial charge in [0.25, 0.3) is 0 Å². The molecule has 0 spiro atoms. The second-order valence-electron chi connectivity index (χ2n) is 4.32. The Hall–Kier alpha value is -1.31. The predicted octanol–water partition coefficient (Wildman–Crippen LogP) is 4.34. The molecule has 0 radical (unpaired) electrons. The lowest BCUT2D eigenvalue weighted by Gasteiger charge is -2.25. The minimum absolute atomic E-state index is 1.10. The van der Waals surface area contributed by atoms with Crippen LogP contribution < -0.4 is 4.90 Å². The summed E-state index contributed by atoms with van der Waals surface area (Å²) in [5, 5.41) is 0. The molecule has 0 fully saturated rings. The maximum Gasteiger partial charge on any atom is 0.0888 e. The van der Waals surface area contributed by atoms with Crippen molar-refractivity contribution in [2.75, 3.05) is 18.0 Å². The molecule has 2 heteroatoms. The van der Waals surface area contributed by atoms with E-state index in [0.717, 1.165) is 18.8 Å². The Balaban J connectivity index is 3.12. The molecule has 0 aliphatic rings. The minimum Gasteiger partial charge on any atom is -0.370 e. The van der Waals surface area contributed by atoms with Crippen LogP contribution in [0.25, 0.3) is 0 Å². The molecule has 94 valence electrons. The molecule has 0 unspecified atom stereocenters. The third-order valence-electron chi connectivity index (χ3n) is 2.80. The molecule has 0 saturated heterocycles. The second-order valence-corrected chi connectivity index (χ2v) is 4.32. The van der Waals surface area contributed by atoms with Gasteiger partial charge in [0, 0.05) is 19.3 Å². The Morgan fingerprint density at radius 3 is 2.35 bits per heavy atom. The summed E-state index contributed by atoms with van der Waals surface area (Å²) in [5.41, 5.74) is 3.64. The van der Waals surface area contributed by atoms with Gasteiger partial charge in [-0.15, -0.1) is 0 Å². The van der Waals surface area contributed by atoms with Crippen molar-refractivity contribution in [3.05, 3.63) is 23.8 Å². The largest absolute Gasteiger partial charge is 0.370 e. The van der Waals surface area contributed by atoms with Gasteiger partial charge >= 0.3 is 0 Å². The van der Waals surface area contributed by atoms with E-state index in [1.54, 1.807) is 0 Å². The van der Waals surface area contributed by atoms with E-state index in [0.29, 0.717) is 0 Å². The van der Waals surface area contributed by atoms with Crippen molar-refractivity contribution in [1.29, 1.82) is 0 Å².